The Labute approximate surface area is 246 Å². The molecule has 0 aliphatic carbocycles. The highest BCUT2D eigenvalue weighted by Gasteiger charge is 2.25. The summed E-state index contributed by atoms with van der Waals surface area (Å²) in [5.41, 5.74) is 0.745. The molecule has 3 aromatic rings. The molecular weight excluding hydrogens is 562 g/mol. The molecule has 0 unspecified atom stereocenters. The number of ketones is 1. The molecule has 1 amide bonds. The van der Waals surface area contributed by atoms with E-state index in [1.165, 1.54) is 13.2 Å². The topological polar surface area (TPSA) is 154 Å². The zero-order valence-corrected chi connectivity index (χ0v) is 25.4. The number of aliphatic hydroxyl groups excluding tert-OH is 2. The van der Waals surface area contributed by atoms with Crippen LogP contribution >= 0.6 is 0 Å². The third-order valence-electron chi connectivity index (χ3n) is 6.54. The molecule has 3 rings (SSSR count). The zero-order valence-electron chi connectivity index (χ0n) is 24.6. The molecule has 0 saturated carbocycles. The van der Waals surface area contributed by atoms with E-state index < -0.39 is 27.1 Å². The van der Waals surface area contributed by atoms with Crippen LogP contribution in [0.1, 0.15) is 36.7 Å². The van der Waals surface area contributed by atoms with E-state index in [9.17, 15) is 28.2 Å². The average Bonchev–Trinajstić information content (AvgIpc) is 2.91. The predicted octanol–water partition coefficient (Wildman–Crippen LogP) is 3.00. The average molecular weight is 602 g/mol. The Kier molecular flexibility index (Phi) is 10.9. The lowest BCUT2D eigenvalue weighted by Gasteiger charge is -2.24. The smallest absolute Gasteiger partial charge is 0.296 e. The summed E-state index contributed by atoms with van der Waals surface area (Å²) >= 11 is 0. The number of anilines is 2. The van der Waals surface area contributed by atoms with Crippen molar-refractivity contribution in [1.29, 1.82) is 0 Å². The fourth-order valence-corrected chi connectivity index (χ4v) is 5.00. The van der Waals surface area contributed by atoms with Crippen LogP contribution in [-0.4, -0.2) is 88.0 Å². The summed E-state index contributed by atoms with van der Waals surface area (Å²) in [6.45, 7) is 7.29. The number of Topliss-reactive ketones (excluding diaryl/α,β-unsaturated/α-hetero) is 1. The lowest BCUT2D eigenvalue weighted by atomic mass is 9.86. The van der Waals surface area contributed by atoms with Crippen LogP contribution in [0.3, 0.4) is 0 Å². The van der Waals surface area contributed by atoms with Crippen LogP contribution < -0.4 is 19.5 Å². The standard InChI is InChI=1S/C30H39N3O8S/c1-30(2,3)20-18-24(28(40-4)25(19-20)32-42(5,38)39)31-29(37)27(36)23-10-11-26(22-9-7-6-8-21(22)23)41-17-14-33(12-15-34)13-16-35/h6-11,18-19,32,34-35H,12-17H2,1-5H3,(H,31,37). The van der Waals surface area contributed by atoms with Gasteiger partial charge in [0.15, 0.2) is 5.75 Å². The Hall–Kier alpha value is -3.71. The van der Waals surface area contributed by atoms with Gasteiger partial charge in [-0.05, 0) is 40.6 Å². The number of nitrogens with zero attached hydrogens (tertiary/aromatic N) is 1. The first-order valence-electron chi connectivity index (χ1n) is 13.4. The molecule has 4 N–H and O–H groups in total. The number of fused-ring (bicyclic) bond motifs is 1. The van der Waals surface area contributed by atoms with Gasteiger partial charge < -0.3 is 25.0 Å². The normalized spacial score (nSPS) is 11.9. The minimum atomic E-state index is -3.67. The van der Waals surface area contributed by atoms with Crippen molar-refractivity contribution in [1.82, 2.24) is 4.90 Å². The Morgan fingerprint density at radius 3 is 2.12 bits per heavy atom. The number of hydrogen-bond donors (Lipinski definition) is 4. The Morgan fingerprint density at radius 1 is 0.929 bits per heavy atom. The maximum atomic E-state index is 13.5. The fraction of sp³-hybridized carbons (Fsp3) is 0.400. The molecule has 0 spiro atoms. The first kappa shape index (κ1) is 32.8. The Bertz CT molecular complexity index is 1530. The first-order valence-corrected chi connectivity index (χ1v) is 15.3. The summed E-state index contributed by atoms with van der Waals surface area (Å²) in [6.07, 6.45) is 1.01. The number of methoxy groups -OCH3 is 1. The van der Waals surface area contributed by atoms with Crippen LogP contribution in [0.4, 0.5) is 11.4 Å². The van der Waals surface area contributed by atoms with Crippen molar-refractivity contribution in [2.75, 3.05) is 62.9 Å². The number of rotatable bonds is 14. The summed E-state index contributed by atoms with van der Waals surface area (Å²) in [5, 5.41) is 22.2. The molecule has 0 aliphatic heterocycles. The number of benzene rings is 3. The van der Waals surface area contributed by atoms with Crippen molar-refractivity contribution in [3.05, 3.63) is 59.7 Å². The van der Waals surface area contributed by atoms with Crippen LogP contribution in [0.5, 0.6) is 11.5 Å². The number of aliphatic hydroxyl groups is 2. The summed E-state index contributed by atoms with van der Waals surface area (Å²) in [5.74, 6) is -1.13. The SMILES string of the molecule is COc1c(NC(=O)C(=O)c2ccc(OCCN(CCO)CCO)c3ccccc23)cc(C(C)(C)C)cc1NS(C)(=O)=O. The fourth-order valence-electron chi connectivity index (χ4n) is 4.45. The molecule has 11 nitrogen and oxygen atoms in total. The molecule has 0 fully saturated rings. The third kappa shape index (κ3) is 8.41. The molecule has 12 heteroatoms. The van der Waals surface area contributed by atoms with Gasteiger partial charge in [-0.25, -0.2) is 8.42 Å². The predicted molar refractivity (Wildman–Crippen MR) is 163 cm³/mol. The third-order valence-corrected chi connectivity index (χ3v) is 7.13. The molecule has 42 heavy (non-hydrogen) atoms. The number of amides is 1. The minimum Gasteiger partial charge on any atom is -0.492 e. The molecule has 0 heterocycles. The molecule has 228 valence electrons. The number of hydrogen-bond acceptors (Lipinski definition) is 9. The molecular formula is C30H39N3O8S. The van der Waals surface area contributed by atoms with Gasteiger partial charge in [-0.15, -0.1) is 0 Å². The Morgan fingerprint density at radius 2 is 1.55 bits per heavy atom. The second-order valence-corrected chi connectivity index (χ2v) is 12.6. The van der Waals surface area contributed by atoms with E-state index in [-0.39, 0.29) is 42.5 Å². The highest BCUT2D eigenvalue weighted by atomic mass is 32.2. The summed E-state index contributed by atoms with van der Waals surface area (Å²) in [6, 6.07) is 13.5. The van der Waals surface area contributed by atoms with E-state index in [1.54, 1.807) is 42.5 Å². The number of carbonyl (C=O) groups is 2. The summed E-state index contributed by atoms with van der Waals surface area (Å²) in [7, 11) is -2.33. The van der Waals surface area contributed by atoms with E-state index in [2.05, 4.69) is 10.0 Å². The van der Waals surface area contributed by atoms with Gasteiger partial charge in [0, 0.05) is 30.6 Å². The van der Waals surface area contributed by atoms with Crippen LogP contribution in [0.25, 0.3) is 10.8 Å². The van der Waals surface area contributed by atoms with Gasteiger partial charge in [-0.1, -0.05) is 45.0 Å². The van der Waals surface area contributed by atoms with Crippen LogP contribution in [-0.2, 0) is 20.2 Å². The van der Waals surface area contributed by atoms with Gasteiger partial charge in [0.2, 0.25) is 10.0 Å². The van der Waals surface area contributed by atoms with E-state index in [0.29, 0.717) is 41.7 Å². The van der Waals surface area contributed by atoms with Crippen molar-refractivity contribution in [2.45, 2.75) is 26.2 Å². The lowest BCUT2D eigenvalue weighted by Crippen LogP contribution is -2.33. The maximum Gasteiger partial charge on any atom is 0.296 e. The summed E-state index contributed by atoms with van der Waals surface area (Å²) < 4.78 is 37.9. The quantitative estimate of drug-likeness (QED) is 0.161. The molecule has 0 aliphatic rings. The largest absolute Gasteiger partial charge is 0.492 e. The van der Waals surface area contributed by atoms with Crippen molar-refractivity contribution in [2.24, 2.45) is 0 Å². The number of carbonyl (C=O) groups excluding carboxylic acids is 2. The zero-order chi connectivity index (χ0) is 31.1. The summed E-state index contributed by atoms with van der Waals surface area (Å²) in [4.78, 5) is 28.6. The molecule has 0 radical (unpaired) electrons. The molecule has 0 bridgehead atoms. The number of nitrogens with one attached hydrogen (secondary N) is 2. The van der Waals surface area contributed by atoms with E-state index in [0.717, 1.165) is 6.26 Å². The van der Waals surface area contributed by atoms with Gasteiger partial charge in [0.25, 0.3) is 11.7 Å². The van der Waals surface area contributed by atoms with Gasteiger partial charge in [0.1, 0.15) is 12.4 Å². The Balaban J connectivity index is 1.92. The van der Waals surface area contributed by atoms with Gasteiger partial charge >= 0.3 is 0 Å². The maximum absolute atomic E-state index is 13.5. The van der Waals surface area contributed by atoms with Gasteiger partial charge in [-0.2, -0.15) is 0 Å². The molecule has 3 aromatic carbocycles. The van der Waals surface area contributed by atoms with E-state index in [1.807, 2.05) is 25.7 Å². The monoisotopic (exact) mass is 601 g/mol. The number of ether oxygens (including phenoxy) is 2. The van der Waals surface area contributed by atoms with Crippen LogP contribution in [0.2, 0.25) is 0 Å². The van der Waals surface area contributed by atoms with Crippen molar-refractivity contribution < 1.29 is 37.7 Å². The van der Waals surface area contributed by atoms with Crippen molar-refractivity contribution in [3.8, 4) is 11.5 Å². The highest BCUT2D eigenvalue weighted by molar-refractivity contribution is 7.92. The first-order chi connectivity index (χ1) is 19.8. The second-order valence-electron chi connectivity index (χ2n) is 10.8. The second kappa shape index (κ2) is 14.0. The van der Waals surface area contributed by atoms with Gasteiger partial charge in [0.05, 0.1) is 38.0 Å². The number of sulfonamides is 1. The lowest BCUT2D eigenvalue weighted by molar-refractivity contribution is -0.112. The van der Waals surface area contributed by atoms with Crippen molar-refractivity contribution >= 4 is 43.9 Å². The van der Waals surface area contributed by atoms with Gasteiger partial charge in [-0.3, -0.25) is 19.2 Å². The van der Waals surface area contributed by atoms with Crippen LogP contribution in [0, 0.1) is 0 Å². The molecule has 0 aromatic heterocycles. The van der Waals surface area contributed by atoms with E-state index in [4.69, 9.17) is 9.47 Å². The van der Waals surface area contributed by atoms with E-state index >= 15 is 0 Å². The minimum absolute atomic E-state index is 0.0380. The highest BCUT2D eigenvalue weighted by Crippen LogP contribution is 2.39. The molecule has 0 atom stereocenters. The molecule has 0 saturated heterocycles. The van der Waals surface area contributed by atoms with Crippen LogP contribution in [0.15, 0.2) is 48.5 Å². The van der Waals surface area contributed by atoms with Crippen molar-refractivity contribution in [3.63, 3.8) is 0 Å².